The van der Waals surface area contributed by atoms with Crippen molar-refractivity contribution in [1.29, 1.82) is 0 Å². The smallest absolute Gasteiger partial charge is 0.270 e. The monoisotopic (exact) mass is 397 g/mol. The lowest BCUT2D eigenvalue weighted by Crippen LogP contribution is -2.25. The molecule has 3 aromatic rings. The third kappa shape index (κ3) is 5.01. The van der Waals surface area contributed by atoms with E-state index in [0.717, 1.165) is 34.7 Å². The van der Waals surface area contributed by atoms with Crippen molar-refractivity contribution in [2.24, 2.45) is 0 Å². The number of nitrogens with zero attached hydrogens (tertiary/aromatic N) is 1. The van der Waals surface area contributed by atoms with E-state index in [4.69, 9.17) is 9.47 Å². The summed E-state index contributed by atoms with van der Waals surface area (Å²) in [6.45, 7) is 2.55. The standard InChI is InChI=1S/C21H23N3O3S/c1-14-4-9-19(27-3)17(12-14)23-21-24-18(13-28-21)20(25)22-11-10-15-5-7-16(26-2)8-6-15/h4-9,12-13H,10-11H2,1-3H3,(H,22,25)(H,23,24). The fourth-order valence-corrected chi connectivity index (χ4v) is 3.38. The Morgan fingerprint density at radius 2 is 1.89 bits per heavy atom. The lowest BCUT2D eigenvalue weighted by molar-refractivity contribution is 0.0950. The number of benzene rings is 2. The first-order valence-corrected chi connectivity index (χ1v) is 9.75. The third-order valence-electron chi connectivity index (χ3n) is 4.19. The lowest BCUT2D eigenvalue weighted by atomic mass is 10.1. The molecule has 0 unspecified atom stereocenters. The van der Waals surface area contributed by atoms with Gasteiger partial charge in [0, 0.05) is 11.9 Å². The molecule has 0 aliphatic carbocycles. The lowest BCUT2D eigenvalue weighted by Gasteiger charge is -2.09. The Hall–Kier alpha value is -3.06. The van der Waals surface area contributed by atoms with Crippen LogP contribution in [0.4, 0.5) is 10.8 Å². The van der Waals surface area contributed by atoms with Crippen LogP contribution < -0.4 is 20.1 Å². The van der Waals surface area contributed by atoms with Gasteiger partial charge < -0.3 is 20.1 Å². The number of anilines is 2. The largest absolute Gasteiger partial charge is 0.497 e. The summed E-state index contributed by atoms with van der Waals surface area (Å²) in [5.41, 5.74) is 3.46. The summed E-state index contributed by atoms with van der Waals surface area (Å²) in [7, 11) is 3.26. The van der Waals surface area contributed by atoms with Gasteiger partial charge >= 0.3 is 0 Å². The molecule has 0 aliphatic rings. The summed E-state index contributed by atoms with van der Waals surface area (Å²) in [6, 6.07) is 13.7. The van der Waals surface area contributed by atoms with Crippen molar-refractivity contribution in [3.05, 3.63) is 64.7 Å². The van der Waals surface area contributed by atoms with Gasteiger partial charge in [0.05, 0.1) is 19.9 Å². The molecule has 0 saturated heterocycles. The zero-order valence-corrected chi connectivity index (χ0v) is 16.9. The van der Waals surface area contributed by atoms with Crippen LogP contribution in [0.2, 0.25) is 0 Å². The first-order chi connectivity index (χ1) is 13.6. The summed E-state index contributed by atoms with van der Waals surface area (Å²) in [5.74, 6) is 1.36. The summed E-state index contributed by atoms with van der Waals surface area (Å²) < 4.78 is 10.5. The molecule has 1 aromatic heterocycles. The van der Waals surface area contributed by atoms with Crippen LogP contribution in [0.25, 0.3) is 0 Å². The van der Waals surface area contributed by atoms with Gasteiger partial charge in [-0.2, -0.15) is 0 Å². The molecule has 0 aliphatic heterocycles. The average Bonchev–Trinajstić information content (AvgIpc) is 3.17. The van der Waals surface area contributed by atoms with Gasteiger partial charge in [-0.15, -0.1) is 11.3 Å². The van der Waals surface area contributed by atoms with Crippen LogP contribution in [0.3, 0.4) is 0 Å². The van der Waals surface area contributed by atoms with Crippen molar-refractivity contribution in [1.82, 2.24) is 10.3 Å². The van der Waals surface area contributed by atoms with Gasteiger partial charge in [0.25, 0.3) is 5.91 Å². The van der Waals surface area contributed by atoms with Crippen LogP contribution in [0.15, 0.2) is 47.8 Å². The van der Waals surface area contributed by atoms with Gasteiger partial charge in [-0.3, -0.25) is 4.79 Å². The Kier molecular flexibility index (Phi) is 6.49. The molecular formula is C21H23N3O3S. The Labute approximate surface area is 168 Å². The molecule has 28 heavy (non-hydrogen) atoms. The third-order valence-corrected chi connectivity index (χ3v) is 4.95. The van der Waals surface area contributed by atoms with Gasteiger partial charge in [-0.05, 0) is 48.7 Å². The number of carbonyl (C=O) groups excluding carboxylic acids is 1. The molecule has 2 N–H and O–H groups in total. The number of ether oxygens (including phenoxy) is 2. The molecule has 0 spiro atoms. The molecule has 1 amide bonds. The van der Waals surface area contributed by atoms with Gasteiger partial charge in [-0.25, -0.2) is 4.98 Å². The van der Waals surface area contributed by atoms with E-state index < -0.39 is 0 Å². The predicted octanol–water partition coefficient (Wildman–Crippen LogP) is 4.18. The molecule has 0 saturated carbocycles. The number of thiazole rings is 1. The fraction of sp³-hybridized carbons (Fsp3) is 0.238. The molecule has 0 fully saturated rings. The summed E-state index contributed by atoms with van der Waals surface area (Å²) in [5, 5.41) is 8.52. The second kappa shape index (κ2) is 9.23. The number of aromatic nitrogens is 1. The zero-order chi connectivity index (χ0) is 19.9. The Morgan fingerprint density at radius 3 is 2.61 bits per heavy atom. The maximum atomic E-state index is 12.3. The SMILES string of the molecule is COc1ccc(CCNC(=O)c2csc(Nc3cc(C)ccc3OC)n2)cc1. The van der Waals surface area contributed by atoms with Crippen LogP contribution in [-0.2, 0) is 6.42 Å². The predicted molar refractivity (Wildman–Crippen MR) is 112 cm³/mol. The summed E-state index contributed by atoms with van der Waals surface area (Å²) in [6.07, 6.45) is 0.742. The van der Waals surface area contributed by atoms with Crippen LogP contribution >= 0.6 is 11.3 Å². The first kappa shape index (κ1) is 19.7. The van der Waals surface area contributed by atoms with E-state index in [1.807, 2.05) is 49.4 Å². The molecule has 146 valence electrons. The zero-order valence-electron chi connectivity index (χ0n) is 16.1. The van der Waals surface area contributed by atoms with E-state index >= 15 is 0 Å². The van der Waals surface area contributed by atoms with Gasteiger partial charge in [0.2, 0.25) is 0 Å². The number of hydrogen-bond acceptors (Lipinski definition) is 6. The van der Waals surface area contributed by atoms with Gasteiger partial charge in [-0.1, -0.05) is 18.2 Å². The number of carbonyl (C=O) groups is 1. The number of hydrogen-bond donors (Lipinski definition) is 2. The molecule has 2 aromatic carbocycles. The van der Waals surface area contributed by atoms with Crippen molar-refractivity contribution >= 4 is 28.1 Å². The Bertz CT molecular complexity index is 938. The Balaban J connectivity index is 1.55. The van der Waals surface area contributed by atoms with E-state index in [1.54, 1.807) is 19.6 Å². The fourth-order valence-electron chi connectivity index (χ4n) is 2.67. The molecule has 0 bridgehead atoms. The van der Waals surface area contributed by atoms with Crippen molar-refractivity contribution in [3.63, 3.8) is 0 Å². The van der Waals surface area contributed by atoms with E-state index in [2.05, 4.69) is 15.6 Å². The highest BCUT2D eigenvalue weighted by molar-refractivity contribution is 7.14. The quantitative estimate of drug-likeness (QED) is 0.596. The second-order valence-corrected chi connectivity index (χ2v) is 7.08. The van der Waals surface area contributed by atoms with Gasteiger partial charge in [0.1, 0.15) is 17.2 Å². The minimum absolute atomic E-state index is 0.186. The van der Waals surface area contributed by atoms with Crippen LogP contribution in [-0.4, -0.2) is 31.7 Å². The summed E-state index contributed by atoms with van der Waals surface area (Å²) >= 11 is 1.38. The number of methoxy groups -OCH3 is 2. The molecule has 3 rings (SSSR count). The number of rotatable bonds is 8. The van der Waals surface area contributed by atoms with Crippen LogP contribution in [0, 0.1) is 6.92 Å². The number of amides is 1. The van der Waals surface area contributed by atoms with E-state index in [9.17, 15) is 4.79 Å². The topological polar surface area (TPSA) is 72.5 Å². The maximum Gasteiger partial charge on any atom is 0.270 e. The van der Waals surface area contributed by atoms with Crippen molar-refractivity contribution in [2.45, 2.75) is 13.3 Å². The first-order valence-electron chi connectivity index (χ1n) is 8.87. The Morgan fingerprint density at radius 1 is 1.11 bits per heavy atom. The maximum absolute atomic E-state index is 12.3. The molecule has 0 atom stereocenters. The number of nitrogens with one attached hydrogen (secondary N) is 2. The molecular weight excluding hydrogens is 374 g/mol. The van der Waals surface area contributed by atoms with Crippen molar-refractivity contribution in [2.75, 3.05) is 26.1 Å². The van der Waals surface area contributed by atoms with E-state index in [-0.39, 0.29) is 5.91 Å². The molecule has 7 heteroatoms. The molecule has 6 nitrogen and oxygen atoms in total. The van der Waals surface area contributed by atoms with Crippen molar-refractivity contribution < 1.29 is 14.3 Å². The second-order valence-electron chi connectivity index (χ2n) is 6.22. The van der Waals surface area contributed by atoms with Gasteiger partial charge in [0.15, 0.2) is 5.13 Å². The van der Waals surface area contributed by atoms with Crippen molar-refractivity contribution in [3.8, 4) is 11.5 Å². The van der Waals surface area contributed by atoms with E-state index in [1.165, 1.54) is 11.3 Å². The highest BCUT2D eigenvalue weighted by Crippen LogP contribution is 2.29. The van der Waals surface area contributed by atoms with Crippen LogP contribution in [0.5, 0.6) is 11.5 Å². The molecule has 1 heterocycles. The van der Waals surface area contributed by atoms with Crippen LogP contribution in [0.1, 0.15) is 21.6 Å². The summed E-state index contributed by atoms with van der Waals surface area (Å²) in [4.78, 5) is 16.7. The number of aryl methyl sites for hydroxylation is 1. The highest BCUT2D eigenvalue weighted by atomic mass is 32.1. The minimum Gasteiger partial charge on any atom is -0.497 e. The van der Waals surface area contributed by atoms with E-state index in [0.29, 0.717) is 17.4 Å². The molecule has 0 radical (unpaired) electrons. The highest BCUT2D eigenvalue weighted by Gasteiger charge is 2.12. The normalized spacial score (nSPS) is 10.4. The average molecular weight is 398 g/mol. The minimum atomic E-state index is -0.186.